The lowest BCUT2D eigenvalue weighted by atomic mass is 10.0. The topological polar surface area (TPSA) is 67.2 Å². The summed E-state index contributed by atoms with van der Waals surface area (Å²) in [5.41, 5.74) is 10.3. The smallest absolute Gasteiger partial charge is 0.251 e. The van der Waals surface area contributed by atoms with Gasteiger partial charge in [0.05, 0.1) is 0 Å². The van der Waals surface area contributed by atoms with E-state index in [0.29, 0.717) is 18.5 Å². The second-order valence-corrected chi connectivity index (χ2v) is 6.90. The summed E-state index contributed by atoms with van der Waals surface area (Å²) in [7, 11) is 0. The zero-order chi connectivity index (χ0) is 18.4. The molecule has 0 aliphatic carbocycles. The molecule has 2 aromatic carbocycles. The SMILES string of the molecule is Cc1c(NC(C)C(C)C)cccc1C(=O)NCCc1ccc(N)cc1. The monoisotopic (exact) mass is 339 g/mol. The average Bonchev–Trinajstić information content (AvgIpc) is 2.58. The van der Waals surface area contributed by atoms with Gasteiger partial charge >= 0.3 is 0 Å². The summed E-state index contributed by atoms with van der Waals surface area (Å²) in [5.74, 6) is 0.491. The summed E-state index contributed by atoms with van der Waals surface area (Å²) in [4.78, 5) is 12.5. The Bertz CT molecular complexity index is 708. The molecule has 4 nitrogen and oxygen atoms in total. The van der Waals surface area contributed by atoms with Crippen molar-refractivity contribution in [3.63, 3.8) is 0 Å². The number of benzene rings is 2. The summed E-state index contributed by atoms with van der Waals surface area (Å²) < 4.78 is 0. The predicted octanol–water partition coefficient (Wildman–Crippen LogP) is 4.01. The molecule has 0 bridgehead atoms. The van der Waals surface area contributed by atoms with Gasteiger partial charge in [-0.1, -0.05) is 32.0 Å². The van der Waals surface area contributed by atoms with Crippen molar-refractivity contribution in [2.75, 3.05) is 17.6 Å². The van der Waals surface area contributed by atoms with Gasteiger partial charge in [0.25, 0.3) is 5.91 Å². The molecule has 0 heterocycles. The lowest BCUT2D eigenvalue weighted by Crippen LogP contribution is -2.27. The van der Waals surface area contributed by atoms with Crippen molar-refractivity contribution in [2.45, 2.75) is 40.2 Å². The first-order chi connectivity index (χ1) is 11.9. The molecule has 0 radical (unpaired) electrons. The van der Waals surface area contributed by atoms with E-state index in [0.717, 1.165) is 34.5 Å². The van der Waals surface area contributed by atoms with Crippen LogP contribution >= 0.6 is 0 Å². The molecule has 1 atom stereocenters. The summed E-state index contributed by atoms with van der Waals surface area (Å²) in [5, 5.41) is 6.51. The summed E-state index contributed by atoms with van der Waals surface area (Å²) >= 11 is 0. The number of hydrogen-bond donors (Lipinski definition) is 3. The molecule has 25 heavy (non-hydrogen) atoms. The van der Waals surface area contributed by atoms with Gasteiger partial charge < -0.3 is 16.4 Å². The largest absolute Gasteiger partial charge is 0.399 e. The quantitative estimate of drug-likeness (QED) is 0.668. The summed E-state index contributed by atoms with van der Waals surface area (Å²) in [6.07, 6.45) is 0.785. The zero-order valence-corrected chi connectivity index (χ0v) is 15.6. The van der Waals surface area contributed by atoms with Crippen molar-refractivity contribution in [3.8, 4) is 0 Å². The fourth-order valence-corrected chi connectivity index (χ4v) is 2.55. The molecule has 1 amide bonds. The highest BCUT2D eigenvalue weighted by atomic mass is 16.1. The fourth-order valence-electron chi connectivity index (χ4n) is 2.55. The van der Waals surface area contributed by atoms with Crippen LogP contribution in [0.4, 0.5) is 11.4 Å². The Kier molecular flexibility index (Phi) is 6.45. The van der Waals surface area contributed by atoms with E-state index in [2.05, 4.69) is 31.4 Å². The van der Waals surface area contributed by atoms with Crippen molar-refractivity contribution in [1.82, 2.24) is 5.32 Å². The van der Waals surface area contributed by atoms with Crippen LogP contribution in [0.2, 0.25) is 0 Å². The normalized spacial score (nSPS) is 12.0. The van der Waals surface area contributed by atoms with Gasteiger partial charge in [-0.25, -0.2) is 0 Å². The third-order valence-electron chi connectivity index (χ3n) is 4.64. The molecular weight excluding hydrogens is 310 g/mol. The minimum atomic E-state index is -0.0335. The Hall–Kier alpha value is -2.49. The van der Waals surface area contributed by atoms with Crippen molar-refractivity contribution in [1.29, 1.82) is 0 Å². The van der Waals surface area contributed by atoms with Gasteiger partial charge in [-0.3, -0.25) is 4.79 Å². The van der Waals surface area contributed by atoms with Crippen LogP contribution in [0.15, 0.2) is 42.5 Å². The van der Waals surface area contributed by atoms with Crippen LogP contribution in [0.5, 0.6) is 0 Å². The molecule has 4 N–H and O–H groups in total. The molecule has 0 spiro atoms. The van der Waals surface area contributed by atoms with E-state index in [1.165, 1.54) is 0 Å². The molecule has 0 aliphatic rings. The van der Waals surface area contributed by atoms with Crippen LogP contribution in [0.1, 0.15) is 42.3 Å². The Morgan fingerprint density at radius 2 is 1.76 bits per heavy atom. The molecule has 0 aromatic heterocycles. The van der Waals surface area contributed by atoms with Crippen LogP contribution in [0, 0.1) is 12.8 Å². The van der Waals surface area contributed by atoms with E-state index < -0.39 is 0 Å². The number of carbonyl (C=O) groups excluding carboxylic acids is 1. The highest BCUT2D eigenvalue weighted by Crippen LogP contribution is 2.21. The second kappa shape index (κ2) is 8.56. The first-order valence-electron chi connectivity index (χ1n) is 8.87. The van der Waals surface area contributed by atoms with Crippen molar-refractivity contribution in [3.05, 3.63) is 59.2 Å². The van der Waals surface area contributed by atoms with Crippen LogP contribution in [0.3, 0.4) is 0 Å². The van der Waals surface area contributed by atoms with E-state index in [4.69, 9.17) is 5.73 Å². The minimum Gasteiger partial charge on any atom is -0.399 e. The van der Waals surface area contributed by atoms with Crippen LogP contribution in [-0.4, -0.2) is 18.5 Å². The molecule has 4 heteroatoms. The highest BCUT2D eigenvalue weighted by Gasteiger charge is 2.13. The Labute approximate surface area is 150 Å². The van der Waals surface area contributed by atoms with E-state index in [1.807, 2.05) is 49.4 Å². The highest BCUT2D eigenvalue weighted by molar-refractivity contribution is 5.97. The lowest BCUT2D eigenvalue weighted by Gasteiger charge is -2.21. The molecule has 0 fully saturated rings. The molecule has 0 saturated heterocycles. The van der Waals surface area contributed by atoms with Crippen molar-refractivity contribution >= 4 is 17.3 Å². The Morgan fingerprint density at radius 1 is 1.08 bits per heavy atom. The van der Waals surface area contributed by atoms with Crippen LogP contribution < -0.4 is 16.4 Å². The summed E-state index contributed by atoms with van der Waals surface area (Å²) in [6.45, 7) is 9.11. The molecule has 2 aromatic rings. The third-order valence-corrected chi connectivity index (χ3v) is 4.64. The fraction of sp³-hybridized carbons (Fsp3) is 0.381. The third kappa shape index (κ3) is 5.24. The molecular formula is C21H29N3O. The number of nitrogens with two attached hydrogens (primary N) is 1. The van der Waals surface area contributed by atoms with Gasteiger partial charge in [0.15, 0.2) is 0 Å². The van der Waals surface area contributed by atoms with Gasteiger partial charge in [-0.15, -0.1) is 0 Å². The van der Waals surface area contributed by atoms with Gasteiger partial charge in [0.1, 0.15) is 0 Å². The van der Waals surface area contributed by atoms with E-state index in [-0.39, 0.29) is 5.91 Å². The van der Waals surface area contributed by atoms with Gasteiger partial charge in [0.2, 0.25) is 0 Å². The van der Waals surface area contributed by atoms with E-state index in [9.17, 15) is 4.79 Å². The van der Waals surface area contributed by atoms with Gasteiger partial charge in [0, 0.05) is 29.5 Å². The maximum Gasteiger partial charge on any atom is 0.251 e. The van der Waals surface area contributed by atoms with Gasteiger partial charge in [-0.2, -0.15) is 0 Å². The first kappa shape index (κ1) is 18.8. The average molecular weight is 339 g/mol. The van der Waals surface area contributed by atoms with E-state index >= 15 is 0 Å². The van der Waals surface area contributed by atoms with Crippen molar-refractivity contribution < 1.29 is 4.79 Å². The van der Waals surface area contributed by atoms with Gasteiger partial charge in [-0.05, 0) is 61.6 Å². The lowest BCUT2D eigenvalue weighted by molar-refractivity contribution is 0.0953. The minimum absolute atomic E-state index is 0.0335. The number of anilines is 2. The van der Waals surface area contributed by atoms with Crippen LogP contribution in [-0.2, 0) is 6.42 Å². The maximum atomic E-state index is 12.5. The standard InChI is InChI=1S/C21H29N3O/c1-14(2)16(4)24-20-7-5-6-19(15(20)3)21(25)23-13-12-17-8-10-18(22)11-9-17/h5-11,14,16,24H,12-13,22H2,1-4H3,(H,23,25). The molecule has 0 saturated carbocycles. The first-order valence-corrected chi connectivity index (χ1v) is 8.87. The maximum absolute atomic E-state index is 12.5. The predicted molar refractivity (Wildman–Crippen MR) is 106 cm³/mol. The molecule has 2 rings (SSSR count). The number of amides is 1. The molecule has 0 aliphatic heterocycles. The van der Waals surface area contributed by atoms with Crippen molar-refractivity contribution in [2.24, 2.45) is 5.92 Å². The number of carbonyl (C=O) groups is 1. The summed E-state index contributed by atoms with van der Waals surface area (Å²) in [6, 6.07) is 13.9. The van der Waals surface area contributed by atoms with Crippen LogP contribution in [0.25, 0.3) is 0 Å². The Morgan fingerprint density at radius 3 is 2.40 bits per heavy atom. The number of rotatable bonds is 7. The second-order valence-electron chi connectivity index (χ2n) is 6.90. The number of nitrogens with one attached hydrogen (secondary N) is 2. The number of hydrogen-bond acceptors (Lipinski definition) is 3. The Balaban J connectivity index is 1.98. The zero-order valence-electron chi connectivity index (χ0n) is 15.6. The van der Waals surface area contributed by atoms with E-state index in [1.54, 1.807) is 0 Å². The molecule has 134 valence electrons. The number of nitrogen functional groups attached to an aromatic ring is 1. The molecule has 1 unspecified atom stereocenters.